The summed E-state index contributed by atoms with van der Waals surface area (Å²) in [4.78, 5) is 41.5. The summed E-state index contributed by atoms with van der Waals surface area (Å²) < 4.78 is 51.0. The molecule has 1 aliphatic carbocycles. The third kappa shape index (κ3) is 6.85. The van der Waals surface area contributed by atoms with Gasteiger partial charge >= 0.3 is 12.3 Å². The van der Waals surface area contributed by atoms with Crippen LogP contribution in [0, 0.1) is 0 Å². The fourth-order valence-electron chi connectivity index (χ4n) is 6.50. The summed E-state index contributed by atoms with van der Waals surface area (Å²) >= 11 is 0. The number of fused-ring (bicyclic) bond motifs is 3. The average Bonchev–Trinajstić information content (AvgIpc) is 3.38. The maximum Gasteiger partial charge on any atom is 0.409 e. The number of amides is 3. The fraction of sp³-hybridized carbons (Fsp3) is 0.270. The zero-order valence-electron chi connectivity index (χ0n) is 26.0. The summed E-state index contributed by atoms with van der Waals surface area (Å²) in [5.41, 5.74) is 1.55. The van der Waals surface area contributed by atoms with Crippen molar-refractivity contribution in [3.63, 3.8) is 0 Å². The molecule has 1 fully saturated rings. The molecular weight excluding hydrogens is 623 g/mol. The first-order valence-corrected chi connectivity index (χ1v) is 15.7. The molecule has 4 aromatic rings. The van der Waals surface area contributed by atoms with Crippen LogP contribution in [0.4, 0.5) is 18.0 Å². The Bertz CT molecular complexity index is 1740. The van der Waals surface area contributed by atoms with Gasteiger partial charge in [-0.3, -0.25) is 9.59 Å². The maximum atomic E-state index is 13.7. The van der Waals surface area contributed by atoms with Crippen LogP contribution in [0.5, 0.6) is 11.5 Å². The highest BCUT2D eigenvalue weighted by atomic mass is 19.4. The number of rotatable bonds is 9. The number of hydrogen-bond acceptors (Lipinski definition) is 5. The molecule has 0 aromatic heterocycles. The van der Waals surface area contributed by atoms with Crippen LogP contribution in [0.25, 0.3) is 11.1 Å². The van der Waals surface area contributed by atoms with Gasteiger partial charge in [0.1, 0.15) is 23.5 Å². The molecule has 248 valence electrons. The Labute approximate surface area is 275 Å². The summed E-state index contributed by atoms with van der Waals surface area (Å²) in [6, 6.07) is 30.2. The van der Waals surface area contributed by atoms with Crippen LogP contribution in [0.3, 0.4) is 0 Å². The Balaban J connectivity index is 1.07. The molecule has 1 aliphatic heterocycles. The number of ether oxygens (including phenoxy) is 2. The number of likely N-dealkylation sites (tertiary alicyclic amines) is 1. The van der Waals surface area contributed by atoms with Crippen molar-refractivity contribution in [1.29, 1.82) is 0 Å². The van der Waals surface area contributed by atoms with Crippen LogP contribution in [-0.4, -0.2) is 61.3 Å². The fourth-order valence-corrected chi connectivity index (χ4v) is 6.50. The Morgan fingerprint density at radius 3 is 2.02 bits per heavy atom. The number of benzene rings is 4. The smallest absolute Gasteiger partial charge is 0.409 e. The van der Waals surface area contributed by atoms with Crippen molar-refractivity contribution < 1.29 is 37.0 Å². The molecule has 0 radical (unpaired) electrons. The van der Waals surface area contributed by atoms with Crippen LogP contribution >= 0.6 is 0 Å². The molecule has 2 N–H and O–H groups in total. The van der Waals surface area contributed by atoms with E-state index in [0.717, 1.165) is 11.1 Å². The highest BCUT2D eigenvalue weighted by Crippen LogP contribution is 2.51. The molecule has 1 heterocycles. The minimum atomic E-state index is -4.59. The van der Waals surface area contributed by atoms with Gasteiger partial charge in [-0.05, 0) is 59.4 Å². The van der Waals surface area contributed by atoms with Gasteiger partial charge in [0.05, 0.1) is 12.2 Å². The van der Waals surface area contributed by atoms with Crippen LogP contribution in [0.2, 0.25) is 0 Å². The van der Waals surface area contributed by atoms with Gasteiger partial charge in [0.2, 0.25) is 5.91 Å². The summed E-state index contributed by atoms with van der Waals surface area (Å²) in [6.45, 7) is -1.02. The van der Waals surface area contributed by atoms with E-state index in [1.807, 2.05) is 42.5 Å². The molecule has 0 spiro atoms. The number of carbonyl (C=O) groups excluding carboxylic acids is 3. The molecule has 48 heavy (non-hydrogen) atoms. The van der Waals surface area contributed by atoms with Crippen LogP contribution in [0.15, 0.2) is 103 Å². The second-order valence-corrected chi connectivity index (χ2v) is 11.8. The number of para-hydroxylation sites is 2. The van der Waals surface area contributed by atoms with E-state index in [2.05, 4.69) is 10.6 Å². The number of nitrogens with zero attached hydrogens (tertiary/aromatic N) is 1. The number of piperidine rings is 1. The SMILES string of the molecule is O=C(NC1CCN(C(=O)OCCC2(C(=O)NCC(F)(F)F)c3ccccc3-c3ccccc32)CC1)c1ccccc1Oc1ccccc1. The van der Waals surface area contributed by atoms with Gasteiger partial charge in [0.25, 0.3) is 5.91 Å². The molecule has 11 heteroatoms. The zero-order chi connectivity index (χ0) is 33.7. The zero-order valence-corrected chi connectivity index (χ0v) is 26.0. The Morgan fingerprint density at radius 1 is 0.792 bits per heavy atom. The van der Waals surface area contributed by atoms with Gasteiger partial charge in [0.15, 0.2) is 0 Å². The van der Waals surface area contributed by atoms with Crippen molar-refractivity contribution >= 4 is 17.9 Å². The largest absolute Gasteiger partial charge is 0.457 e. The Morgan fingerprint density at radius 2 is 1.38 bits per heavy atom. The highest BCUT2D eigenvalue weighted by molar-refractivity contribution is 6.00. The van der Waals surface area contributed by atoms with Gasteiger partial charge in [-0.15, -0.1) is 0 Å². The standard InChI is InChI=1S/C37H34F3N3O5/c38-37(39,40)24-41-34(45)36(30-15-7-4-12-27(30)28-13-5-8-16-31(28)36)20-23-47-35(46)43-21-18-25(19-22-43)42-33(44)29-14-6-9-17-32(29)48-26-10-2-1-3-11-26/h1-17,25H,18-24H2,(H,41,45)(H,42,44). The van der Waals surface area contributed by atoms with E-state index in [4.69, 9.17) is 9.47 Å². The molecule has 6 rings (SSSR count). The first-order chi connectivity index (χ1) is 23.2. The molecule has 1 saturated heterocycles. The summed E-state index contributed by atoms with van der Waals surface area (Å²) in [6.07, 6.45) is -4.24. The van der Waals surface area contributed by atoms with Crippen molar-refractivity contribution in [1.82, 2.24) is 15.5 Å². The van der Waals surface area contributed by atoms with Crippen LogP contribution < -0.4 is 15.4 Å². The molecule has 0 atom stereocenters. The normalized spacial score (nSPS) is 15.2. The second kappa shape index (κ2) is 13.8. The molecule has 3 amide bonds. The predicted molar refractivity (Wildman–Crippen MR) is 173 cm³/mol. The highest BCUT2D eigenvalue weighted by Gasteiger charge is 2.49. The molecular formula is C37H34F3N3O5. The van der Waals surface area contributed by atoms with Gasteiger partial charge in [-0.1, -0.05) is 78.9 Å². The van der Waals surface area contributed by atoms with Gasteiger partial charge < -0.3 is 25.0 Å². The lowest BCUT2D eigenvalue weighted by Crippen LogP contribution is -2.48. The minimum Gasteiger partial charge on any atom is -0.457 e. The van der Waals surface area contributed by atoms with Crippen molar-refractivity contribution in [3.05, 3.63) is 120 Å². The third-order valence-corrected chi connectivity index (χ3v) is 8.79. The predicted octanol–water partition coefficient (Wildman–Crippen LogP) is 6.85. The molecule has 0 saturated carbocycles. The first-order valence-electron chi connectivity index (χ1n) is 15.7. The van der Waals surface area contributed by atoms with Gasteiger partial charge in [-0.25, -0.2) is 4.79 Å². The molecule has 4 aromatic carbocycles. The lowest BCUT2D eigenvalue weighted by atomic mass is 9.74. The van der Waals surface area contributed by atoms with Crippen LogP contribution in [-0.2, 0) is 14.9 Å². The van der Waals surface area contributed by atoms with E-state index in [0.29, 0.717) is 54.1 Å². The lowest BCUT2D eigenvalue weighted by molar-refractivity contribution is -0.141. The second-order valence-electron chi connectivity index (χ2n) is 11.8. The number of nitrogens with one attached hydrogen (secondary N) is 2. The number of hydrogen-bond donors (Lipinski definition) is 2. The topological polar surface area (TPSA) is 97.0 Å². The number of carbonyl (C=O) groups is 3. The first kappa shape index (κ1) is 32.6. The molecule has 2 aliphatic rings. The van der Waals surface area contributed by atoms with E-state index >= 15 is 0 Å². The van der Waals surface area contributed by atoms with Crippen LogP contribution in [0.1, 0.15) is 40.7 Å². The monoisotopic (exact) mass is 657 g/mol. The Kier molecular flexibility index (Phi) is 9.38. The summed E-state index contributed by atoms with van der Waals surface area (Å²) in [5.74, 6) is -0.0484. The summed E-state index contributed by atoms with van der Waals surface area (Å²) in [7, 11) is 0. The van der Waals surface area contributed by atoms with E-state index in [-0.39, 0.29) is 25.0 Å². The van der Waals surface area contributed by atoms with Gasteiger partial charge in [-0.2, -0.15) is 13.2 Å². The van der Waals surface area contributed by atoms with Crippen molar-refractivity contribution in [3.8, 4) is 22.6 Å². The minimum absolute atomic E-state index is 0.0482. The molecule has 0 unspecified atom stereocenters. The number of halogens is 3. The van der Waals surface area contributed by atoms with E-state index in [1.54, 1.807) is 60.7 Å². The third-order valence-electron chi connectivity index (χ3n) is 8.79. The number of alkyl halides is 3. The van der Waals surface area contributed by atoms with Crippen molar-refractivity contribution in [2.24, 2.45) is 0 Å². The Hall–Kier alpha value is -5.32. The average molecular weight is 658 g/mol. The van der Waals surface area contributed by atoms with E-state index in [1.165, 1.54) is 4.90 Å². The quantitative estimate of drug-likeness (QED) is 0.205. The van der Waals surface area contributed by atoms with Crippen molar-refractivity contribution in [2.45, 2.75) is 36.9 Å². The maximum absolute atomic E-state index is 13.7. The summed E-state index contributed by atoms with van der Waals surface area (Å²) in [5, 5.41) is 5.12. The lowest BCUT2D eigenvalue weighted by Gasteiger charge is -2.33. The molecule has 8 nitrogen and oxygen atoms in total. The van der Waals surface area contributed by atoms with E-state index in [9.17, 15) is 27.6 Å². The van der Waals surface area contributed by atoms with Gasteiger partial charge in [0, 0.05) is 25.6 Å². The van der Waals surface area contributed by atoms with E-state index < -0.39 is 30.1 Å². The molecule has 0 bridgehead atoms. The van der Waals surface area contributed by atoms with Crippen molar-refractivity contribution in [2.75, 3.05) is 26.2 Å².